The van der Waals surface area contributed by atoms with Gasteiger partial charge < -0.3 is 5.32 Å². The fourth-order valence-electron chi connectivity index (χ4n) is 4.08. The van der Waals surface area contributed by atoms with Crippen LogP contribution in [-0.2, 0) is 24.2 Å². The van der Waals surface area contributed by atoms with Gasteiger partial charge in [-0.15, -0.1) is 11.3 Å². The van der Waals surface area contributed by atoms with E-state index in [2.05, 4.69) is 44.4 Å². The highest BCUT2D eigenvalue weighted by Crippen LogP contribution is 2.33. The van der Waals surface area contributed by atoms with Gasteiger partial charge in [0.2, 0.25) is 5.91 Å². The van der Waals surface area contributed by atoms with Crippen LogP contribution in [0.15, 0.2) is 63.4 Å². The molecule has 0 radical (unpaired) electrons. The summed E-state index contributed by atoms with van der Waals surface area (Å²) >= 11 is 4.84. The molecule has 0 saturated heterocycles. The third kappa shape index (κ3) is 4.07. The van der Waals surface area contributed by atoms with E-state index >= 15 is 0 Å². The van der Waals surface area contributed by atoms with Crippen molar-refractivity contribution in [3.05, 3.63) is 80.1 Å². The molecule has 0 spiro atoms. The van der Waals surface area contributed by atoms with Crippen LogP contribution in [-0.4, -0.2) is 15.5 Å². The summed E-state index contributed by atoms with van der Waals surface area (Å²) in [6.07, 6.45) is 6.12. The molecule has 31 heavy (non-hydrogen) atoms. The van der Waals surface area contributed by atoms with Gasteiger partial charge >= 0.3 is 0 Å². The molecule has 0 aliphatic heterocycles. The van der Waals surface area contributed by atoms with Crippen LogP contribution in [0.25, 0.3) is 21.3 Å². The van der Waals surface area contributed by atoms with Crippen molar-refractivity contribution in [2.45, 2.75) is 32.2 Å². The van der Waals surface area contributed by atoms with Crippen LogP contribution in [0.1, 0.15) is 24.0 Å². The fraction of sp³-hybridized carbons (Fsp3) is 0.208. The zero-order chi connectivity index (χ0) is 21.4. The number of fused-ring (bicyclic) bond motifs is 2. The number of carbonyl (C=O) groups is 1. The Morgan fingerprint density at radius 2 is 1.87 bits per heavy atom. The van der Waals surface area contributed by atoms with E-state index in [1.807, 2.05) is 17.5 Å². The molecule has 7 heteroatoms. The summed E-state index contributed by atoms with van der Waals surface area (Å²) in [7, 11) is 0. The SMILES string of the molecule is O=C(Cn1cnc2scc(-c3ccc4c(c3)CCCC4)c2c1=O)Nc1ccc(Br)cc1. The molecule has 1 N–H and O–H groups in total. The Bertz CT molecular complexity index is 1340. The van der Waals surface area contributed by atoms with Gasteiger partial charge in [-0.2, -0.15) is 0 Å². The first-order chi connectivity index (χ1) is 15.1. The molecule has 5 rings (SSSR count). The van der Waals surface area contributed by atoms with E-state index < -0.39 is 0 Å². The minimum Gasteiger partial charge on any atom is -0.325 e. The van der Waals surface area contributed by atoms with Gasteiger partial charge in [-0.1, -0.05) is 34.1 Å². The molecule has 1 aliphatic carbocycles. The van der Waals surface area contributed by atoms with Crippen molar-refractivity contribution < 1.29 is 4.79 Å². The number of benzene rings is 2. The molecule has 0 atom stereocenters. The van der Waals surface area contributed by atoms with E-state index in [1.54, 1.807) is 12.1 Å². The largest absolute Gasteiger partial charge is 0.325 e. The molecule has 2 heterocycles. The van der Waals surface area contributed by atoms with Crippen molar-refractivity contribution in [2.75, 3.05) is 5.32 Å². The Balaban J connectivity index is 1.46. The Hall–Kier alpha value is -2.77. The molecule has 156 valence electrons. The van der Waals surface area contributed by atoms with Crippen LogP contribution in [0.3, 0.4) is 0 Å². The van der Waals surface area contributed by atoms with E-state index in [0.29, 0.717) is 15.9 Å². The predicted octanol–water partition coefficient (Wildman–Crippen LogP) is 5.41. The highest BCUT2D eigenvalue weighted by molar-refractivity contribution is 9.10. The van der Waals surface area contributed by atoms with E-state index in [4.69, 9.17) is 0 Å². The first-order valence-corrected chi connectivity index (χ1v) is 11.9. The lowest BCUT2D eigenvalue weighted by atomic mass is 9.89. The first-order valence-electron chi connectivity index (χ1n) is 10.2. The standard InChI is InChI=1S/C24H20BrN3O2S/c25-18-7-9-19(10-8-18)27-21(29)12-28-14-26-23-22(24(28)30)20(13-31-23)17-6-5-15-3-1-2-4-16(15)11-17/h5-11,13-14H,1-4,12H2,(H,27,29). The molecule has 5 nitrogen and oxygen atoms in total. The minimum absolute atomic E-state index is 0.0860. The Morgan fingerprint density at radius 1 is 1.10 bits per heavy atom. The van der Waals surface area contributed by atoms with Gasteiger partial charge in [0.05, 0.1) is 11.7 Å². The fourth-order valence-corrected chi connectivity index (χ4v) is 5.25. The normalized spacial score (nSPS) is 13.2. The zero-order valence-corrected chi connectivity index (χ0v) is 19.1. The third-order valence-electron chi connectivity index (χ3n) is 5.66. The van der Waals surface area contributed by atoms with Crippen LogP contribution in [0.4, 0.5) is 5.69 Å². The van der Waals surface area contributed by atoms with Crippen LogP contribution >= 0.6 is 27.3 Å². The number of hydrogen-bond donors (Lipinski definition) is 1. The van der Waals surface area contributed by atoms with Gasteiger partial charge in [-0.25, -0.2) is 4.98 Å². The molecular formula is C24H20BrN3O2S. The van der Waals surface area contributed by atoms with Crippen LogP contribution < -0.4 is 10.9 Å². The number of thiophene rings is 1. The van der Waals surface area contributed by atoms with Gasteiger partial charge in [0.1, 0.15) is 11.4 Å². The number of halogens is 1. The second kappa shape index (κ2) is 8.40. The number of nitrogens with one attached hydrogen (secondary N) is 1. The highest BCUT2D eigenvalue weighted by Gasteiger charge is 2.17. The second-order valence-electron chi connectivity index (χ2n) is 7.75. The van der Waals surface area contributed by atoms with E-state index in [1.165, 1.54) is 46.2 Å². The summed E-state index contributed by atoms with van der Waals surface area (Å²) in [6.45, 7) is -0.0860. The molecule has 0 fully saturated rings. The van der Waals surface area contributed by atoms with Gasteiger partial charge in [0.25, 0.3) is 5.56 Å². The maximum Gasteiger partial charge on any atom is 0.263 e. The van der Waals surface area contributed by atoms with Gasteiger partial charge in [0.15, 0.2) is 0 Å². The second-order valence-corrected chi connectivity index (χ2v) is 9.53. The smallest absolute Gasteiger partial charge is 0.263 e. The molecule has 1 aliphatic rings. The van der Waals surface area contributed by atoms with Crippen molar-refractivity contribution in [3.63, 3.8) is 0 Å². The molecule has 1 amide bonds. The summed E-state index contributed by atoms with van der Waals surface area (Å²) in [6, 6.07) is 13.8. The quantitative estimate of drug-likeness (QED) is 0.413. The Labute approximate surface area is 191 Å². The van der Waals surface area contributed by atoms with Crippen LogP contribution in [0.2, 0.25) is 0 Å². The number of anilines is 1. The first kappa shape index (κ1) is 20.2. The number of aromatic nitrogens is 2. The predicted molar refractivity (Wildman–Crippen MR) is 129 cm³/mol. The lowest BCUT2D eigenvalue weighted by Crippen LogP contribution is -2.27. The number of hydrogen-bond acceptors (Lipinski definition) is 4. The van der Waals surface area contributed by atoms with Gasteiger partial charge in [-0.3, -0.25) is 14.2 Å². The summed E-state index contributed by atoms with van der Waals surface area (Å²) in [5.74, 6) is -0.267. The number of rotatable bonds is 4. The summed E-state index contributed by atoms with van der Waals surface area (Å²) in [4.78, 5) is 30.9. The van der Waals surface area contributed by atoms with Crippen LogP contribution in [0, 0.1) is 0 Å². The molecular weight excluding hydrogens is 474 g/mol. The van der Waals surface area contributed by atoms with Crippen molar-refractivity contribution in [3.8, 4) is 11.1 Å². The lowest BCUT2D eigenvalue weighted by Gasteiger charge is -2.16. The monoisotopic (exact) mass is 493 g/mol. The van der Waals surface area contributed by atoms with E-state index in [9.17, 15) is 9.59 Å². The van der Waals surface area contributed by atoms with Crippen molar-refractivity contribution in [1.29, 1.82) is 0 Å². The average Bonchev–Trinajstić information content (AvgIpc) is 3.22. The van der Waals surface area contributed by atoms with Crippen LogP contribution in [0.5, 0.6) is 0 Å². The zero-order valence-electron chi connectivity index (χ0n) is 16.7. The number of aryl methyl sites for hydroxylation is 2. The van der Waals surface area contributed by atoms with E-state index in [0.717, 1.165) is 28.4 Å². The maximum absolute atomic E-state index is 13.2. The highest BCUT2D eigenvalue weighted by atomic mass is 79.9. The van der Waals surface area contributed by atoms with Crippen molar-refractivity contribution in [2.24, 2.45) is 0 Å². The average molecular weight is 494 g/mol. The summed E-state index contributed by atoms with van der Waals surface area (Å²) in [5.41, 5.74) is 5.22. The maximum atomic E-state index is 13.2. The Morgan fingerprint density at radius 3 is 2.68 bits per heavy atom. The van der Waals surface area contributed by atoms with Gasteiger partial charge in [-0.05, 0) is 66.6 Å². The topological polar surface area (TPSA) is 64.0 Å². The van der Waals surface area contributed by atoms with Crippen molar-refractivity contribution in [1.82, 2.24) is 9.55 Å². The molecule has 0 bridgehead atoms. The van der Waals surface area contributed by atoms with Gasteiger partial charge in [0, 0.05) is 21.1 Å². The molecule has 0 unspecified atom stereocenters. The van der Waals surface area contributed by atoms with E-state index in [-0.39, 0.29) is 18.0 Å². The third-order valence-corrected chi connectivity index (χ3v) is 7.08. The molecule has 2 aromatic carbocycles. The van der Waals surface area contributed by atoms with Crippen molar-refractivity contribution >= 4 is 49.1 Å². The number of carbonyl (C=O) groups excluding carboxylic acids is 1. The summed E-state index contributed by atoms with van der Waals surface area (Å²) in [5, 5.41) is 5.40. The molecule has 2 aromatic heterocycles. The molecule has 0 saturated carbocycles. The minimum atomic E-state index is -0.267. The summed E-state index contributed by atoms with van der Waals surface area (Å²) < 4.78 is 2.31. The molecule has 4 aromatic rings. The lowest BCUT2D eigenvalue weighted by molar-refractivity contribution is -0.116. The Kier molecular flexibility index (Phi) is 5.46. The number of nitrogens with zero attached hydrogens (tertiary/aromatic N) is 2. The number of amides is 1.